The van der Waals surface area contributed by atoms with Gasteiger partial charge in [0, 0.05) is 0 Å². The Bertz CT molecular complexity index is 1810. The highest BCUT2D eigenvalue weighted by Gasteiger charge is 2.69. The normalized spacial score (nSPS) is 59.8. The molecule has 17 atom stereocenters. The molecule has 0 saturated carbocycles. The highest BCUT2D eigenvalue weighted by molar-refractivity contribution is 7.62. The molecule has 0 spiro atoms. The molecule has 8 N–H and O–H groups in total. The number of rotatable bonds is 2. The second kappa shape index (κ2) is 13.5. The molecule has 31 nitrogen and oxygen atoms in total. The summed E-state index contributed by atoms with van der Waals surface area (Å²) in [5, 5.41) is 0. The Morgan fingerprint density at radius 1 is 0.471 bits per heavy atom. The second-order valence-electron chi connectivity index (χ2n) is 10.4. The molecule has 6 saturated heterocycles. The molecule has 0 amide bonds. The number of hydrogen-bond acceptors (Lipinski definition) is 23. The lowest BCUT2D eigenvalue weighted by Gasteiger charge is -2.47. The van der Waals surface area contributed by atoms with Crippen molar-refractivity contribution < 1.29 is 143 Å². The van der Waals surface area contributed by atoms with Crippen LogP contribution in [-0.2, 0) is 104 Å². The van der Waals surface area contributed by atoms with Crippen molar-refractivity contribution in [3.05, 3.63) is 0 Å². The number of phosphoric acid groups is 8. The van der Waals surface area contributed by atoms with Crippen molar-refractivity contribution in [2.24, 2.45) is 0 Å². The zero-order valence-electron chi connectivity index (χ0n) is 23.8. The monoisotopic (exact) mass is 910 g/mol. The third-order valence-electron chi connectivity index (χ3n) is 6.68. The average molecular weight is 910 g/mol. The first-order chi connectivity index (χ1) is 23.0. The first-order valence-corrected chi connectivity index (χ1v) is 24.8. The molecular weight excluding hydrogens is 888 g/mol. The van der Waals surface area contributed by atoms with Crippen molar-refractivity contribution in [3.63, 3.8) is 0 Å². The van der Waals surface area contributed by atoms with Crippen LogP contribution in [0.3, 0.4) is 0 Å². The lowest BCUT2D eigenvalue weighted by atomic mass is 9.99. The van der Waals surface area contributed by atoms with Gasteiger partial charge in [-0.15, -0.1) is 0 Å². The largest absolute Gasteiger partial charge is 0.481 e. The second-order valence-corrected chi connectivity index (χ2v) is 22.3. The van der Waals surface area contributed by atoms with E-state index in [2.05, 4.69) is 30.8 Å². The first kappa shape index (κ1) is 41.6. The molecule has 0 bridgehead atoms. The Morgan fingerprint density at radius 3 is 1.43 bits per heavy atom. The van der Waals surface area contributed by atoms with Crippen molar-refractivity contribution >= 4 is 62.6 Å². The van der Waals surface area contributed by atoms with Crippen LogP contribution in [0.2, 0.25) is 0 Å². The minimum Gasteiger partial charge on any atom is -0.341 e. The Balaban J connectivity index is 1.47. The van der Waals surface area contributed by atoms with E-state index in [1.165, 1.54) is 0 Å². The van der Waals surface area contributed by atoms with Crippen LogP contribution in [0.15, 0.2) is 0 Å². The molecule has 296 valence electrons. The summed E-state index contributed by atoms with van der Waals surface area (Å²) >= 11 is 0. The summed E-state index contributed by atoms with van der Waals surface area (Å²) in [5.74, 6) is -3.23. The maximum absolute atomic E-state index is 12.8. The predicted molar refractivity (Wildman–Crippen MR) is 143 cm³/mol. The van der Waals surface area contributed by atoms with Gasteiger partial charge in [0.25, 0.3) is 0 Å². The van der Waals surface area contributed by atoms with Crippen LogP contribution >= 0.6 is 62.6 Å². The molecule has 0 aromatic carbocycles. The zero-order chi connectivity index (χ0) is 37.8. The van der Waals surface area contributed by atoms with E-state index >= 15 is 0 Å². The molecule has 6 aliphatic rings. The van der Waals surface area contributed by atoms with Crippen LogP contribution in [0.25, 0.3) is 0 Å². The average Bonchev–Trinajstić information content (AvgIpc) is 3.08. The molecule has 6 fully saturated rings. The molecule has 6 rings (SSSR count). The van der Waals surface area contributed by atoms with Gasteiger partial charge in [0.1, 0.15) is 43.2 Å². The molecule has 0 aromatic rings. The molecule has 8 unspecified atom stereocenters. The van der Waals surface area contributed by atoms with Crippen LogP contribution < -0.4 is 0 Å². The minimum atomic E-state index is -5.92. The van der Waals surface area contributed by atoms with Crippen molar-refractivity contribution in [1.82, 2.24) is 0 Å². The van der Waals surface area contributed by atoms with Gasteiger partial charge in [0.15, 0.2) is 12.4 Å². The van der Waals surface area contributed by atoms with E-state index in [0.717, 1.165) is 0 Å². The maximum Gasteiger partial charge on any atom is 0.481 e. The quantitative estimate of drug-likeness (QED) is 0.165. The molecule has 0 radical (unpaired) electrons. The van der Waals surface area contributed by atoms with E-state index in [9.17, 15) is 75.7 Å². The standard InChI is InChI=1S/C12H22O31P8/c13-44(14)29-1-4-6(35-47(19,20)40-44)8-9(38-50(25,26)43-49(23,24)37-8)11(32-4)34-12-3-31-46(17,18)42-51(27,28)39-10(12)7-5(33-12)2-30-45(15,16)41-48(21,22)36-7/h4-11H,1-3H2,(H,13,14)(H,15,16)(H,17,18)(H,19,20)(H,21,22)(H,23,24)(H,25,26)(H,27,28)/t4-,5-,6-,7-,8+,9-,10+,11-,12+/m1/s1. The third-order valence-corrected chi connectivity index (χ3v) is 17.2. The van der Waals surface area contributed by atoms with Crippen LogP contribution in [0, 0.1) is 0 Å². The van der Waals surface area contributed by atoms with Gasteiger partial charge >= 0.3 is 62.6 Å². The summed E-state index contributed by atoms with van der Waals surface area (Å²) in [6.45, 7) is -4.07. The Kier molecular flexibility index (Phi) is 11.0. The highest BCUT2D eigenvalue weighted by Crippen LogP contribution is 2.70. The topological polar surface area (TPSA) is 437 Å². The predicted octanol–water partition coefficient (Wildman–Crippen LogP) is -0.277. The van der Waals surface area contributed by atoms with Crippen molar-refractivity contribution in [1.29, 1.82) is 0 Å². The number of ether oxygens (including phenoxy) is 3. The molecule has 39 heteroatoms. The third kappa shape index (κ3) is 9.56. The van der Waals surface area contributed by atoms with Crippen LogP contribution in [0.5, 0.6) is 0 Å². The molecule has 6 aliphatic heterocycles. The lowest BCUT2D eigenvalue weighted by Crippen LogP contribution is -2.64. The van der Waals surface area contributed by atoms with Crippen molar-refractivity contribution in [3.8, 4) is 0 Å². The fourth-order valence-corrected chi connectivity index (χ4v) is 14.4. The lowest BCUT2D eigenvalue weighted by molar-refractivity contribution is -0.376. The van der Waals surface area contributed by atoms with Gasteiger partial charge in [-0.25, -0.2) is 36.5 Å². The molecule has 6 heterocycles. The van der Waals surface area contributed by atoms with E-state index in [4.69, 9.17) is 36.8 Å². The van der Waals surface area contributed by atoms with Crippen molar-refractivity contribution in [2.45, 2.75) is 54.8 Å². The maximum atomic E-state index is 12.8. The van der Waals surface area contributed by atoms with Crippen LogP contribution in [0.1, 0.15) is 0 Å². The Morgan fingerprint density at radius 2 is 0.882 bits per heavy atom. The van der Waals surface area contributed by atoms with E-state index in [1.54, 1.807) is 0 Å². The fraction of sp³-hybridized carbons (Fsp3) is 1.00. The minimum absolute atomic E-state index is 1.22. The van der Waals surface area contributed by atoms with Gasteiger partial charge in [-0.1, -0.05) is 0 Å². The van der Waals surface area contributed by atoms with Crippen LogP contribution in [0.4, 0.5) is 0 Å². The van der Waals surface area contributed by atoms with Gasteiger partial charge in [-0.3, -0.25) is 36.2 Å². The van der Waals surface area contributed by atoms with Gasteiger partial charge in [-0.05, 0) is 0 Å². The smallest absolute Gasteiger partial charge is 0.341 e. The van der Waals surface area contributed by atoms with Gasteiger partial charge in [0.2, 0.25) is 5.79 Å². The SMILES string of the molecule is O=P1(O)OC[C@H]2O[C@]3(O[C@H]4O[C@@H]5COP(=O)(O)OP(=O)(O)O[C@H]5[C@@H]5OP(=O)(O)OP(=O)(O)O[C@@H]45)COP(=O)(O)OP(=O)(O)O[C@H]3[C@@H]2OP(=O)(O)O1. The fourth-order valence-electron chi connectivity index (χ4n) is 5.09. The number of hydrogen-bond donors (Lipinski definition) is 8. The van der Waals surface area contributed by atoms with E-state index in [1.807, 2.05) is 0 Å². The highest BCUT2D eigenvalue weighted by atomic mass is 31.3. The summed E-state index contributed by atoms with van der Waals surface area (Å²) in [6, 6.07) is 0. The summed E-state index contributed by atoms with van der Waals surface area (Å²) in [4.78, 5) is 80.3. The Labute approximate surface area is 280 Å². The van der Waals surface area contributed by atoms with E-state index < -0.39 is 137 Å². The molecular formula is C12H22O31P8. The number of fused-ring (bicyclic) bond motifs is 6. The van der Waals surface area contributed by atoms with Gasteiger partial charge in [0.05, 0.1) is 13.2 Å². The summed E-state index contributed by atoms with van der Waals surface area (Å²) in [7, 11) is -45.6. The van der Waals surface area contributed by atoms with Crippen molar-refractivity contribution in [2.75, 3.05) is 19.8 Å². The summed E-state index contributed by atoms with van der Waals surface area (Å²) in [6.07, 6.45) is -19.2. The van der Waals surface area contributed by atoms with E-state index in [0.29, 0.717) is 0 Å². The van der Waals surface area contributed by atoms with Crippen LogP contribution in [-0.4, -0.2) is 114 Å². The van der Waals surface area contributed by atoms with E-state index in [-0.39, 0.29) is 0 Å². The summed E-state index contributed by atoms with van der Waals surface area (Å²) in [5.41, 5.74) is 0. The molecule has 0 aromatic heterocycles. The number of phosphoric ester groups is 8. The zero-order valence-corrected chi connectivity index (χ0v) is 30.9. The molecule has 0 aliphatic carbocycles. The van der Waals surface area contributed by atoms with Gasteiger partial charge < -0.3 is 53.4 Å². The van der Waals surface area contributed by atoms with Gasteiger partial charge in [-0.2, -0.15) is 17.2 Å². The first-order valence-electron chi connectivity index (χ1n) is 12.8. The summed E-state index contributed by atoms with van der Waals surface area (Å²) < 4.78 is 171. The molecule has 51 heavy (non-hydrogen) atoms. The Hall–Kier alpha value is 0.920.